The number of carboxylic acids is 1. The van der Waals surface area contributed by atoms with Crippen LogP contribution < -0.4 is 11.2 Å². The molecule has 18 heavy (non-hydrogen) atoms. The SMILES string of the molecule is CC1(C)OB(O)c2cccc(C[C@H](N)C(=O)O)c21. The number of rotatable bonds is 3. The molecule has 1 heterocycles. The second kappa shape index (κ2) is 4.38. The summed E-state index contributed by atoms with van der Waals surface area (Å²) in [6.07, 6.45) is 0.220. The largest absolute Gasteiger partial charge is 0.492 e. The fourth-order valence-electron chi connectivity index (χ4n) is 2.46. The molecule has 1 atom stereocenters. The number of nitrogens with two attached hydrogens (primary N) is 1. The van der Waals surface area contributed by atoms with Gasteiger partial charge >= 0.3 is 13.1 Å². The number of hydrogen-bond donors (Lipinski definition) is 3. The first kappa shape index (κ1) is 13.1. The maximum atomic E-state index is 10.8. The molecule has 0 saturated carbocycles. The molecule has 0 bridgehead atoms. The Morgan fingerprint density at radius 3 is 2.83 bits per heavy atom. The van der Waals surface area contributed by atoms with Crippen molar-refractivity contribution in [3.05, 3.63) is 29.3 Å². The Kier molecular flexibility index (Phi) is 3.19. The van der Waals surface area contributed by atoms with E-state index in [4.69, 9.17) is 15.5 Å². The maximum absolute atomic E-state index is 10.8. The van der Waals surface area contributed by atoms with Crippen LogP contribution in [0.4, 0.5) is 0 Å². The van der Waals surface area contributed by atoms with E-state index in [2.05, 4.69) is 0 Å². The molecule has 0 aromatic heterocycles. The minimum Gasteiger partial charge on any atom is -0.480 e. The molecule has 4 N–H and O–H groups in total. The number of fused-ring (bicyclic) bond motifs is 1. The molecule has 0 fully saturated rings. The van der Waals surface area contributed by atoms with Crippen molar-refractivity contribution in [3.63, 3.8) is 0 Å². The molecule has 6 heteroatoms. The third kappa shape index (κ3) is 2.14. The highest BCUT2D eigenvalue weighted by atomic mass is 16.5. The zero-order valence-electron chi connectivity index (χ0n) is 10.4. The summed E-state index contributed by atoms with van der Waals surface area (Å²) in [6.45, 7) is 3.69. The first-order valence-electron chi connectivity index (χ1n) is 5.79. The molecule has 0 saturated heterocycles. The van der Waals surface area contributed by atoms with Crippen LogP contribution in [0.3, 0.4) is 0 Å². The smallest absolute Gasteiger partial charge is 0.480 e. The van der Waals surface area contributed by atoms with E-state index in [-0.39, 0.29) is 6.42 Å². The summed E-state index contributed by atoms with van der Waals surface area (Å²) < 4.78 is 5.47. The minimum atomic E-state index is -1.04. The predicted molar refractivity (Wildman–Crippen MR) is 67.5 cm³/mol. The monoisotopic (exact) mass is 249 g/mol. The van der Waals surface area contributed by atoms with Crippen LogP contribution in [0, 0.1) is 0 Å². The Hall–Kier alpha value is -1.37. The average Bonchev–Trinajstić information content (AvgIpc) is 2.50. The molecule has 0 amide bonds. The molecule has 0 unspecified atom stereocenters. The van der Waals surface area contributed by atoms with Gasteiger partial charge in [0, 0.05) is 0 Å². The molecular weight excluding hydrogens is 233 g/mol. The van der Waals surface area contributed by atoms with E-state index in [1.54, 1.807) is 12.1 Å². The van der Waals surface area contributed by atoms with Crippen LogP contribution in [0.25, 0.3) is 0 Å². The third-order valence-corrected chi connectivity index (χ3v) is 3.21. The number of benzene rings is 1. The van der Waals surface area contributed by atoms with E-state index < -0.39 is 24.7 Å². The van der Waals surface area contributed by atoms with Gasteiger partial charge in [0.2, 0.25) is 0 Å². The lowest BCUT2D eigenvalue weighted by atomic mass is 9.76. The zero-order valence-corrected chi connectivity index (χ0v) is 10.4. The van der Waals surface area contributed by atoms with Crippen molar-refractivity contribution in [2.45, 2.75) is 31.9 Å². The lowest BCUT2D eigenvalue weighted by Gasteiger charge is -2.23. The Morgan fingerprint density at radius 2 is 2.22 bits per heavy atom. The minimum absolute atomic E-state index is 0.220. The molecule has 0 spiro atoms. The lowest BCUT2D eigenvalue weighted by Crippen LogP contribution is -2.34. The molecule has 96 valence electrons. The Morgan fingerprint density at radius 1 is 1.56 bits per heavy atom. The van der Waals surface area contributed by atoms with Gasteiger partial charge in [-0.1, -0.05) is 18.2 Å². The van der Waals surface area contributed by atoms with Crippen LogP contribution >= 0.6 is 0 Å². The van der Waals surface area contributed by atoms with Crippen LogP contribution in [0.1, 0.15) is 25.0 Å². The summed E-state index contributed by atoms with van der Waals surface area (Å²) in [5.74, 6) is -1.04. The first-order chi connectivity index (χ1) is 8.33. The van der Waals surface area contributed by atoms with Crippen LogP contribution in [0.15, 0.2) is 18.2 Å². The number of carbonyl (C=O) groups is 1. The highest BCUT2D eigenvalue weighted by Gasteiger charge is 2.42. The summed E-state index contributed by atoms with van der Waals surface area (Å²) in [6, 6.07) is 4.43. The van der Waals surface area contributed by atoms with Crippen LogP contribution in [-0.2, 0) is 21.5 Å². The molecule has 1 aliphatic heterocycles. The van der Waals surface area contributed by atoms with Crippen molar-refractivity contribution in [1.82, 2.24) is 0 Å². The van der Waals surface area contributed by atoms with Gasteiger partial charge < -0.3 is 20.5 Å². The zero-order chi connectivity index (χ0) is 13.5. The van der Waals surface area contributed by atoms with E-state index in [9.17, 15) is 9.82 Å². The van der Waals surface area contributed by atoms with Gasteiger partial charge in [0.05, 0.1) is 5.60 Å². The highest BCUT2D eigenvalue weighted by Crippen LogP contribution is 2.32. The van der Waals surface area contributed by atoms with Gasteiger partial charge in [0.25, 0.3) is 0 Å². The summed E-state index contributed by atoms with van der Waals surface area (Å²) in [7, 11) is -0.962. The van der Waals surface area contributed by atoms with Crippen LogP contribution in [0.5, 0.6) is 0 Å². The average molecular weight is 249 g/mol. The molecule has 1 aliphatic rings. The van der Waals surface area contributed by atoms with Gasteiger partial charge in [-0.3, -0.25) is 4.79 Å². The number of aliphatic carboxylic acids is 1. The van der Waals surface area contributed by atoms with Crippen molar-refractivity contribution in [2.75, 3.05) is 0 Å². The van der Waals surface area contributed by atoms with E-state index in [1.807, 2.05) is 19.9 Å². The van der Waals surface area contributed by atoms with Gasteiger partial charge in [0.1, 0.15) is 6.04 Å². The van der Waals surface area contributed by atoms with E-state index in [0.717, 1.165) is 11.1 Å². The molecule has 1 aromatic rings. The Labute approximate surface area is 106 Å². The second-order valence-electron chi connectivity index (χ2n) is 5.01. The molecule has 2 rings (SSSR count). The van der Waals surface area contributed by atoms with E-state index in [0.29, 0.717) is 5.46 Å². The molecule has 5 nitrogen and oxygen atoms in total. The first-order valence-corrected chi connectivity index (χ1v) is 5.79. The fourth-order valence-corrected chi connectivity index (χ4v) is 2.46. The maximum Gasteiger partial charge on any atom is 0.492 e. The quantitative estimate of drug-likeness (QED) is 0.633. The third-order valence-electron chi connectivity index (χ3n) is 3.21. The second-order valence-corrected chi connectivity index (χ2v) is 5.01. The van der Waals surface area contributed by atoms with E-state index >= 15 is 0 Å². The van der Waals surface area contributed by atoms with Crippen molar-refractivity contribution in [1.29, 1.82) is 0 Å². The molecular formula is C12H16BNO4. The van der Waals surface area contributed by atoms with Crippen LogP contribution in [-0.4, -0.2) is 29.3 Å². The van der Waals surface area contributed by atoms with Crippen molar-refractivity contribution >= 4 is 18.6 Å². The van der Waals surface area contributed by atoms with Crippen LogP contribution in [0.2, 0.25) is 0 Å². The normalized spacial score (nSPS) is 18.6. The number of hydrogen-bond acceptors (Lipinski definition) is 4. The van der Waals surface area contributed by atoms with Crippen molar-refractivity contribution < 1.29 is 19.6 Å². The lowest BCUT2D eigenvalue weighted by molar-refractivity contribution is -0.138. The Bertz CT molecular complexity index is 489. The standard InChI is InChI=1S/C12H16BNO4/c1-12(2)10-7(6-9(14)11(15)16)4-3-5-8(10)13(17)18-12/h3-5,9,17H,6,14H2,1-2H3,(H,15,16)/t9-/m0/s1. The van der Waals surface area contributed by atoms with Gasteiger partial charge in [-0.25, -0.2) is 0 Å². The van der Waals surface area contributed by atoms with Crippen molar-refractivity contribution in [3.8, 4) is 0 Å². The van der Waals surface area contributed by atoms with Gasteiger partial charge in [-0.2, -0.15) is 0 Å². The Balaban J connectivity index is 2.42. The summed E-state index contributed by atoms with van der Waals surface area (Å²) >= 11 is 0. The molecule has 0 radical (unpaired) electrons. The van der Waals surface area contributed by atoms with Gasteiger partial charge in [0.15, 0.2) is 0 Å². The molecule has 0 aliphatic carbocycles. The summed E-state index contributed by atoms with van der Waals surface area (Å²) in [5, 5.41) is 18.7. The fraction of sp³-hybridized carbons (Fsp3) is 0.417. The van der Waals surface area contributed by atoms with E-state index in [1.165, 1.54) is 0 Å². The van der Waals surface area contributed by atoms with Crippen molar-refractivity contribution in [2.24, 2.45) is 5.73 Å². The van der Waals surface area contributed by atoms with Gasteiger partial charge in [-0.15, -0.1) is 0 Å². The molecule has 1 aromatic carbocycles. The van der Waals surface area contributed by atoms with Gasteiger partial charge in [-0.05, 0) is 36.9 Å². The topological polar surface area (TPSA) is 92.8 Å². The highest BCUT2D eigenvalue weighted by molar-refractivity contribution is 6.62. The summed E-state index contributed by atoms with van der Waals surface area (Å²) in [5.41, 5.74) is 7.27. The summed E-state index contributed by atoms with van der Waals surface area (Å²) in [4.78, 5) is 10.8. The number of carboxylic acid groups (broad SMARTS) is 1. The predicted octanol–water partition coefficient (Wildman–Crippen LogP) is -0.406.